The minimum absolute atomic E-state index is 0.0972. The van der Waals surface area contributed by atoms with Gasteiger partial charge in [-0.15, -0.1) is 0 Å². The van der Waals surface area contributed by atoms with Crippen LogP contribution in [-0.2, 0) is 4.79 Å². The van der Waals surface area contributed by atoms with Gasteiger partial charge in [0.2, 0.25) is 5.91 Å². The zero-order chi connectivity index (χ0) is 8.20. The number of aliphatic carboxylic acids is 1. The molecule has 0 aromatic carbocycles. The molecule has 0 aliphatic carbocycles. The number of nitrogens with two attached hydrogens (primary N) is 1. The van der Waals surface area contributed by atoms with Gasteiger partial charge in [-0.05, 0) is 6.42 Å². The van der Waals surface area contributed by atoms with Crippen LogP contribution in [0.4, 0.5) is 0 Å². The van der Waals surface area contributed by atoms with Crippen molar-refractivity contribution >= 4 is 5.97 Å². The third-order valence-corrected chi connectivity index (χ3v) is 0.935. The van der Waals surface area contributed by atoms with Crippen molar-refractivity contribution in [1.29, 1.82) is 0 Å². The lowest BCUT2D eigenvalue weighted by atomic mass is 10.2. The molecule has 0 aromatic heterocycles. The quantitative estimate of drug-likeness (QED) is 0.377. The first-order valence-corrected chi connectivity index (χ1v) is 2.87. The molecule has 0 bridgehead atoms. The van der Waals surface area contributed by atoms with E-state index in [0.29, 0.717) is 0 Å². The zero-order valence-electron chi connectivity index (χ0n) is 5.45. The molecule has 0 saturated heterocycles. The van der Waals surface area contributed by atoms with E-state index >= 15 is 0 Å². The largest absolute Gasteiger partial charge is 0.481 e. The van der Waals surface area contributed by atoms with E-state index in [4.69, 9.17) is 21.1 Å². The maximum Gasteiger partial charge on any atom is 0.303 e. The number of carboxylic acids is 1. The van der Waals surface area contributed by atoms with Crippen molar-refractivity contribution in [2.75, 3.05) is 0 Å². The van der Waals surface area contributed by atoms with Gasteiger partial charge in [-0.3, -0.25) is 10.5 Å². The number of carboxylic acid groups (broad SMARTS) is 1. The van der Waals surface area contributed by atoms with Gasteiger partial charge < -0.3 is 15.3 Å². The summed E-state index contributed by atoms with van der Waals surface area (Å²) in [5.41, 5.74) is 4.74. The van der Waals surface area contributed by atoms with E-state index in [0.717, 1.165) is 0 Å². The Morgan fingerprint density at radius 2 is 2.00 bits per heavy atom. The Hall–Kier alpha value is -0.650. The molecule has 5 heteroatoms. The molecule has 0 aromatic rings. The van der Waals surface area contributed by atoms with Gasteiger partial charge in [-0.1, -0.05) is 0 Å². The monoisotopic (exact) mass is 149 g/mol. The van der Waals surface area contributed by atoms with Crippen molar-refractivity contribution in [3.8, 4) is 0 Å². The van der Waals surface area contributed by atoms with Crippen LogP contribution in [0, 0.1) is 0 Å². The van der Waals surface area contributed by atoms with Crippen LogP contribution in [0.3, 0.4) is 0 Å². The fourth-order valence-corrected chi connectivity index (χ4v) is 0.500. The van der Waals surface area contributed by atoms with Crippen molar-refractivity contribution in [2.45, 2.75) is 25.2 Å². The Kier molecular flexibility index (Phi) is 3.27. The summed E-state index contributed by atoms with van der Waals surface area (Å²) in [6, 6.07) is 0. The Labute approximate surface area is 58.1 Å². The van der Waals surface area contributed by atoms with E-state index in [1.807, 2.05) is 0 Å². The summed E-state index contributed by atoms with van der Waals surface area (Å²) in [7, 11) is 0. The van der Waals surface area contributed by atoms with Crippen molar-refractivity contribution in [3.05, 3.63) is 0 Å². The molecule has 0 radical (unpaired) electrons. The van der Waals surface area contributed by atoms with Gasteiger partial charge in [-0.2, -0.15) is 0 Å². The molecule has 0 unspecified atom stereocenters. The third-order valence-electron chi connectivity index (χ3n) is 0.935. The molecule has 0 atom stereocenters. The highest BCUT2D eigenvalue weighted by Gasteiger charge is 2.15. The molecule has 0 aliphatic heterocycles. The summed E-state index contributed by atoms with van der Waals surface area (Å²) in [6.45, 7) is 0. The Morgan fingerprint density at radius 1 is 1.50 bits per heavy atom. The Balaban J connectivity index is 3.29. The van der Waals surface area contributed by atoms with E-state index < -0.39 is 11.9 Å². The highest BCUT2D eigenvalue weighted by atomic mass is 16.5. The fourth-order valence-electron chi connectivity index (χ4n) is 0.500. The molecular formula is C5H11NO4. The summed E-state index contributed by atoms with van der Waals surface area (Å²) in [5.74, 6) is -3.20. The summed E-state index contributed by atoms with van der Waals surface area (Å²) < 4.78 is 0. The van der Waals surface area contributed by atoms with Gasteiger partial charge in [0.15, 0.2) is 0 Å². The van der Waals surface area contributed by atoms with Crippen LogP contribution in [-0.4, -0.2) is 27.2 Å². The minimum Gasteiger partial charge on any atom is -0.481 e. The van der Waals surface area contributed by atoms with Crippen LogP contribution < -0.4 is 5.73 Å². The molecule has 5 N–H and O–H groups in total. The van der Waals surface area contributed by atoms with E-state index in [1.165, 1.54) is 0 Å². The second kappa shape index (κ2) is 3.50. The number of carbonyl (C=O) groups is 1. The molecule has 0 rings (SSSR count). The van der Waals surface area contributed by atoms with Crippen molar-refractivity contribution in [2.24, 2.45) is 5.73 Å². The molecule has 5 nitrogen and oxygen atoms in total. The average molecular weight is 149 g/mol. The molecular weight excluding hydrogens is 138 g/mol. The van der Waals surface area contributed by atoms with Crippen LogP contribution in [0.15, 0.2) is 0 Å². The number of hydrogen-bond acceptors (Lipinski definition) is 4. The van der Waals surface area contributed by atoms with Gasteiger partial charge >= 0.3 is 5.97 Å². The maximum atomic E-state index is 9.88. The summed E-state index contributed by atoms with van der Waals surface area (Å²) in [6.07, 6.45) is -0.0573. The van der Waals surface area contributed by atoms with E-state index in [2.05, 4.69) is 0 Å². The van der Waals surface area contributed by atoms with Crippen LogP contribution in [0.2, 0.25) is 0 Å². The molecule has 0 amide bonds. The average Bonchev–Trinajstić information content (AvgIpc) is 1.59. The number of rotatable bonds is 4. The van der Waals surface area contributed by atoms with Crippen LogP contribution in [0.1, 0.15) is 19.3 Å². The van der Waals surface area contributed by atoms with Crippen LogP contribution in [0.25, 0.3) is 0 Å². The summed E-state index contributed by atoms with van der Waals surface area (Å²) in [5, 5.41) is 25.0. The zero-order valence-corrected chi connectivity index (χ0v) is 5.45. The third kappa shape index (κ3) is 7.35. The molecule has 10 heavy (non-hydrogen) atoms. The molecule has 0 heterocycles. The van der Waals surface area contributed by atoms with Crippen LogP contribution >= 0.6 is 0 Å². The maximum absolute atomic E-state index is 9.88. The second-order valence-corrected chi connectivity index (χ2v) is 2.13. The van der Waals surface area contributed by atoms with Crippen LogP contribution in [0.5, 0.6) is 0 Å². The number of hydrogen-bond donors (Lipinski definition) is 4. The second-order valence-electron chi connectivity index (χ2n) is 2.13. The fraction of sp³-hybridized carbons (Fsp3) is 0.800. The Bertz CT molecular complexity index is 117. The van der Waals surface area contributed by atoms with E-state index in [9.17, 15) is 4.79 Å². The lowest BCUT2D eigenvalue weighted by Crippen LogP contribution is -2.38. The van der Waals surface area contributed by atoms with Gasteiger partial charge in [0.1, 0.15) is 0 Å². The lowest BCUT2D eigenvalue weighted by molar-refractivity contribution is -0.162. The SMILES string of the molecule is NC(O)(O)CCCC(=O)O. The van der Waals surface area contributed by atoms with Crippen molar-refractivity contribution < 1.29 is 20.1 Å². The first-order valence-electron chi connectivity index (χ1n) is 2.87. The predicted molar refractivity (Wildman–Crippen MR) is 32.8 cm³/mol. The normalized spacial score (nSPS) is 11.5. The highest BCUT2D eigenvalue weighted by Crippen LogP contribution is 2.03. The Morgan fingerprint density at radius 3 is 2.30 bits per heavy atom. The van der Waals surface area contributed by atoms with E-state index in [-0.39, 0.29) is 19.3 Å². The van der Waals surface area contributed by atoms with Gasteiger partial charge in [0.05, 0.1) is 0 Å². The number of aliphatic hydroxyl groups is 2. The first-order chi connectivity index (χ1) is 4.42. The minimum atomic E-state index is -2.23. The predicted octanol–water partition coefficient (Wildman–Crippen LogP) is -1.16. The lowest BCUT2D eigenvalue weighted by Gasteiger charge is -2.13. The van der Waals surface area contributed by atoms with E-state index in [1.54, 1.807) is 0 Å². The standard InChI is InChI=1S/C5H11NO4/c6-5(9,10)3-1-2-4(7)8/h9-10H,1-3,6H2,(H,7,8). The molecule has 0 spiro atoms. The van der Waals surface area contributed by atoms with Gasteiger partial charge in [0, 0.05) is 12.8 Å². The topological polar surface area (TPSA) is 104 Å². The van der Waals surface area contributed by atoms with Gasteiger partial charge in [0.25, 0.3) is 0 Å². The molecule has 0 fully saturated rings. The molecule has 0 saturated carbocycles. The molecule has 60 valence electrons. The summed E-state index contributed by atoms with van der Waals surface area (Å²) in [4.78, 5) is 9.88. The highest BCUT2D eigenvalue weighted by molar-refractivity contribution is 5.66. The molecule has 0 aliphatic rings. The first kappa shape index (κ1) is 9.35. The van der Waals surface area contributed by atoms with Crippen molar-refractivity contribution in [1.82, 2.24) is 0 Å². The van der Waals surface area contributed by atoms with Gasteiger partial charge in [-0.25, -0.2) is 0 Å². The summed E-state index contributed by atoms with van der Waals surface area (Å²) >= 11 is 0. The smallest absolute Gasteiger partial charge is 0.303 e. The van der Waals surface area contributed by atoms with Crippen molar-refractivity contribution in [3.63, 3.8) is 0 Å².